The second-order valence-electron chi connectivity index (χ2n) is 5.09. The maximum Gasteiger partial charge on any atom is 0.0609 e. The lowest BCUT2D eigenvalue weighted by Gasteiger charge is -2.29. The van der Waals surface area contributed by atoms with E-state index in [0.29, 0.717) is 0 Å². The van der Waals surface area contributed by atoms with Crippen LogP contribution in [0.25, 0.3) is 10.8 Å². The second-order valence-corrected chi connectivity index (χ2v) is 5.09. The zero-order valence-corrected chi connectivity index (χ0v) is 9.70. The summed E-state index contributed by atoms with van der Waals surface area (Å²) in [6, 6.07) is 12.8. The van der Waals surface area contributed by atoms with Crippen LogP contribution in [0.3, 0.4) is 0 Å². The van der Waals surface area contributed by atoms with Gasteiger partial charge in [-0.05, 0) is 35.2 Å². The molecule has 1 aliphatic rings. The van der Waals surface area contributed by atoms with E-state index in [2.05, 4.69) is 43.3 Å². The van der Waals surface area contributed by atoms with Crippen LogP contribution in [0.5, 0.6) is 0 Å². The quantitative estimate of drug-likeness (QED) is 0.770. The van der Waals surface area contributed by atoms with Gasteiger partial charge in [-0.25, -0.2) is 0 Å². The zero-order valence-electron chi connectivity index (χ0n) is 9.70. The molecule has 0 spiro atoms. The maximum absolute atomic E-state index is 10.0. The molecule has 0 radical (unpaired) electrons. The van der Waals surface area contributed by atoms with Crippen LogP contribution in [-0.4, -0.2) is 11.2 Å². The Hall–Kier alpha value is -1.34. The molecule has 0 aliphatic heterocycles. The molecule has 0 saturated carbocycles. The van der Waals surface area contributed by atoms with Crippen molar-refractivity contribution < 1.29 is 5.11 Å². The monoisotopic (exact) mass is 212 g/mol. The average Bonchev–Trinajstić information content (AvgIpc) is 2.57. The Bertz CT molecular complexity index is 551. The van der Waals surface area contributed by atoms with Crippen LogP contribution in [-0.2, 0) is 11.8 Å². The van der Waals surface area contributed by atoms with Crippen LogP contribution in [0.15, 0.2) is 36.4 Å². The van der Waals surface area contributed by atoms with Gasteiger partial charge in [0.25, 0.3) is 0 Å². The Kier molecular flexibility index (Phi) is 1.90. The third kappa shape index (κ3) is 1.09. The van der Waals surface area contributed by atoms with Crippen molar-refractivity contribution in [1.82, 2.24) is 0 Å². The summed E-state index contributed by atoms with van der Waals surface area (Å²) in [6.45, 7) is 4.05. The summed E-state index contributed by atoms with van der Waals surface area (Å²) in [5, 5.41) is 12.7. The topological polar surface area (TPSA) is 20.2 Å². The second kappa shape index (κ2) is 3.08. The average molecular weight is 212 g/mol. The van der Waals surface area contributed by atoms with E-state index in [4.69, 9.17) is 0 Å². The number of rotatable bonds is 1. The minimum absolute atomic E-state index is 0.122. The van der Waals surface area contributed by atoms with Crippen LogP contribution in [0.4, 0.5) is 0 Å². The Labute approximate surface area is 95.7 Å². The molecule has 1 heteroatoms. The van der Waals surface area contributed by atoms with Gasteiger partial charge in [0.1, 0.15) is 0 Å². The zero-order chi connectivity index (χ0) is 11.3. The van der Waals surface area contributed by atoms with E-state index in [-0.39, 0.29) is 11.5 Å². The molecule has 16 heavy (non-hydrogen) atoms. The van der Waals surface area contributed by atoms with Crippen molar-refractivity contribution in [3.8, 4) is 0 Å². The third-order valence-electron chi connectivity index (χ3n) is 4.09. The fourth-order valence-corrected chi connectivity index (χ4v) is 2.91. The van der Waals surface area contributed by atoms with Gasteiger partial charge in [0.05, 0.1) is 6.10 Å². The third-order valence-corrected chi connectivity index (χ3v) is 4.09. The summed E-state index contributed by atoms with van der Waals surface area (Å²) in [5.41, 5.74) is 2.55. The first-order valence-electron chi connectivity index (χ1n) is 5.82. The summed E-state index contributed by atoms with van der Waals surface area (Å²) >= 11 is 0. The predicted octanol–water partition coefficient (Wildman–Crippen LogP) is 3.03. The molecular weight excluding hydrogens is 196 g/mol. The molecule has 1 N–H and O–H groups in total. The van der Waals surface area contributed by atoms with E-state index in [1.54, 1.807) is 0 Å². The fourth-order valence-electron chi connectivity index (χ4n) is 2.91. The van der Waals surface area contributed by atoms with Crippen LogP contribution in [0, 0.1) is 0 Å². The Morgan fingerprint density at radius 2 is 1.88 bits per heavy atom. The first kappa shape index (κ1) is 9.86. The van der Waals surface area contributed by atoms with Crippen LogP contribution >= 0.6 is 0 Å². The Morgan fingerprint density at radius 1 is 1.19 bits per heavy atom. The number of aliphatic hydroxyl groups excluding tert-OH is 1. The first-order valence-corrected chi connectivity index (χ1v) is 5.82. The highest BCUT2D eigenvalue weighted by molar-refractivity contribution is 5.92. The summed E-state index contributed by atoms with van der Waals surface area (Å²) < 4.78 is 0. The molecule has 3 rings (SSSR count). The molecule has 1 nitrogen and oxygen atoms in total. The molecule has 2 aromatic rings. The van der Waals surface area contributed by atoms with Gasteiger partial charge in [0, 0.05) is 5.41 Å². The van der Waals surface area contributed by atoms with E-state index in [9.17, 15) is 5.11 Å². The highest BCUT2D eigenvalue weighted by Crippen LogP contribution is 2.44. The van der Waals surface area contributed by atoms with Gasteiger partial charge in [-0.2, -0.15) is 0 Å². The number of hydrogen-bond donors (Lipinski definition) is 1. The molecule has 1 aliphatic carbocycles. The molecule has 0 aromatic heterocycles. The molecule has 0 amide bonds. The lowest BCUT2D eigenvalue weighted by Crippen LogP contribution is -2.33. The molecule has 0 heterocycles. The fraction of sp³-hybridized carbons (Fsp3) is 0.333. The minimum atomic E-state index is -0.314. The van der Waals surface area contributed by atoms with Gasteiger partial charge in [-0.15, -0.1) is 0 Å². The summed E-state index contributed by atoms with van der Waals surface area (Å²) in [6.07, 6.45) is 0.631. The largest absolute Gasteiger partial charge is 0.392 e. The van der Waals surface area contributed by atoms with E-state index in [0.717, 1.165) is 6.42 Å². The summed E-state index contributed by atoms with van der Waals surface area (Å²) in [4.78, 5) is 0. The van der Waals surface area contributed by atoms with Crippen molar-refractivity contribution in [3.05, 3.63) is 47.5 Å². The lowest BCUT2D eigenvalue weighted by molar-refractivity contribution is 0.110. The molecule has 0 bridgehead atoms. The van der Waals surface area contributed by atoms with Gasteiger partial charge >= 0.3 is 0 Å². The minimum Gasteiger partial charge on any atom is -0.392 e. The van der Waals surface area contributed by atoms with Gasteiger partial charge in [-0.1, -0.05) is 43.3 Å². The lowest BCUT2D eigenvalue weighted by atomic mass is 9.78. The standard InChI is InChI=1S/C15H16O/c1-10(16)15(2)9-12-7-3-5-11-6-4-8-13(15)14(11)12/h3-8,10,16H,9H2,1-2H3. The van der Waals surface area contributed by atoms with E-state index in [1.807, 2.05) is 6.92 Å². The molecule has 2 aromatic carbocycles. The summed E-state index contributed by atoms with van der Waals surface area (Å²) in [5.74, 6) is 0. The van der Waals surface area contributed by atoms with Crippen LogP contribution in [0.2, 0.25) is 0 Å². The molecule has 82 valence electrons. The highest BCUT2D eigenvalue weighted by Gasteiger charge is 2.38. The first-order chi connectivity index (χ1) is 7.63. The van der Waals surface area contributed by atoms with Gasteiger partial charge in [0.15, 0.2) is 0 Å². The Morgan fingerprint density at radius 3 is 2.56 bits per heavy atom. The normalized spacial score (nSPS) is 24.9. The summed E-state index contributed by atoms with van der Waals surface area (Å²) in [7, 11) is 0. The van der Waals surface area contributed by atoms with Gasteiger partial charge in [0.2, 0.25) is 0 Å². The molecule has 0 saturated heterocycles. The van der Waals surface area contributed by atoms with Crippen molar-refractivity contribution >= 4 is 10.8 Å². The molecule has 0 fully saturated rings. The number of hydrogen-bond acceptors (Lipinski definition) is 1. The van der Waals surface area contributed by atoms with Crippen molar-refractivity contribution in [2.75, 3.05) is 0 Å². The molecule has 2 atom stereocenters. The van der Waals surface area contributed by atoms with E-state index >= 15 is 0 Å². The van der Waals surface area contributed by atoms with Crippen LogP contribution < -0.4 is 0 Å². The number of benzene rings is 2. The van der Waals surface area contributed by atoms with Crippen molar-refractivity contribution in [1.29, 1.82) is 0 Å². The van der Waals surface area contributed by atoms with Crippen LogP contribution in [0.1, 0.15) is 25.0 Å². The smallest absolute Gasteiger partial charge is 0.0609 e. The molecular formula is C15H16O. The Balaban J connectivity index is 2.37. The SMILES string of the molecule is CC(O)C1(C)Cc2cccc3cccc1c23. The highest BCUT2D eigenvalue weighted by atomic mass is 16.3. The van der Waals surface area contributed by atoms with E-state index < -0.39 is 0 Å². The maximum atomic E-state index is 10.0. The van der Waals surface area contributed by atoms with Crippen molar-refractivity contribution in [2.24, 2.45) is 0 Å². The number of aliphatic hydroxyl groups is 1. The van der Waals surface area contributed by atoms with Gasteiger partial charge in [-0.3, -0.25) is 0 Å². The van der Waals surface area contributed by atoms with Crippen molar-refractivity contribution in [3.63, 3.8) is 0 Å². The van der Waals surface area contributed by atoms with Gasteiger partial charge < -0.3 is 5.11 Å². The van der Waals surface area contributed by atoms with E-state index in [1.165, 1.54) is 21.9 Å². The van der Waals surface area contributed by atoms with Crippen molar-refractivity contribution in [2.45, 2.75) is 31.8 Å². The predicted molar refractivity (Wildman–Crippen MR) is 66.7 cm³/mol. The molecule has 2 unspecified atom stereocenters.